The first kappa shape index (κ1) is 15.5. The Kier molecular flexibility index (Phi) is 4.73. The molecule has 0 unspecified atom stereocenters. The van der Waals surface area contributed by atoms with Gasteiger partial charge in [-0.05, 0) is 26.0 Å². The number of carbonyl (C=O) groups is 2. The van der Waals surface area contributed by atoms with E-state index in [0.717, 1.165) is 5.56 Å². The second kappa shape index (κ2) is 6.71. The number of ether oxygens (including phenoxy) is 1. The van der Waals surface area contributed by atoms with E-state index in [2.05, 4.69) is 5.32 Å². The Morgan fingerprint density at radius 2 is 1.73 bits per heavy atom. The number of anilines is 1. The zero-order valence-electron chi connectivity index (χ0n) is 12.3. The third-order valence-corrected chi connectivity index (χ3v) is 3.01. The van der Waals surface area contributed by atoms with Crippen LogP contribution in [0.15, 0.2) is 48.8 Å². The monoisotopic (exact) mass is 300 g/mol. The van der Waals surface area contributed by atoms with E-state index in [1.165, 1.54) is 31.5 Å². The van der Waals surface area contributed by atoms with Crippen LogP contribution in [-0.2, 0) is 9.53 Å². The Balaban J connectivity index is 1.94. The van der Waals surface area contributed by atoms with Crippen LogP contribution in [0.5, 0.6) is 0 Å². The molecule has 6 heteroatoms. The summed E-state index contributed by atoms with van der Waals surface area (Å²) in [5.74, 6) is -1.08. The number of hydrogen-bond donors (Lipinski definition) is 1. The summed E-state index contributed by atoms with van der Waals surface area (Å²) in [5, 5.41) is 13.6. The molecule has 0 spiro atoms. The molecule has 2 rings (SSSR count). The molecule has 0 aliphatic heterocycles. The lowest BCUT2D eigenvalue weighted by atomic mass is 10.2. The number of esters is 1. The maximum atomic E-state index is 12.0. The van der Waals surface area contributed by atoms with Crippen molar-refractivity contribution < 1.29 is 19.1 Å². The van der Waals surface area contributed by atoms with Gasteiger partial charge in [0, 0.05) is 17.8 Å². The Morgan fingerprint density at radius 1 is 1.14 bits per heavy atom. The highest BCUT2D eigenvalue weighted by Gasteiger charge is 2.19. The number of aryl methyl sites for hydroxylation is 1. The van der Waals surface area contributed by atoms with Crippen molar-refractivity contribution in [3.05, 3.63) is 65.1 Å². The Morgan fingerprint density at radius 3 is 2.32 bits per heavy atom. The topological polar surface area (TPSA) is 82.3 Å². The molecule has 0 aliphatic carbocycles. The molecule has 0 radical (unpaired) electrons. The fourth-order valence-corrected chi connectivity index (χ4v) is 1.71. The molecular formula is C16H16N2O4. The summed E-state index contributed by atoms with van der Waals surface area (Å²) in [6.07, 6.45) is 1.43. The van der Waals surface area contributed by atoms with Crippen molar-refractivity contribution >= 4 is 17.6 Å². The number of nitrogens with zero attached hydrogens (tertiary/aromatic N) is 1. The minimum atomic E-state index is -0.951. The smallest absolute Gasteiger partial charge is 0.339 e. The number of pyridine rings is 1. The molecule has 1 heterocycles. The van der Waals surface area contributed by atoms with Gasteiger partial charge in [0.05, 0.1) is 5.56 Å². The van der Waals surface area contributed by atoms with Gasteiger partial charge >= 0.3 is 5.97 Å². The Bertz CT molecular complexity index is 666. The number of rotatable bonds is 4. The van der Waals surface area contributed by atoms with Gasteiger partial charge in [0.1, 0.15) is 0 Å². The van der Waals surface area contributed by atoms with E-state index in [1.807, 2.05) is 19.1 Å². The fraction of sp³-hybridized carbons (Fsp3) is 0.188. The predicted octanol–water partition coefficient (Wildman–Crippen LogP) is 1.81. The molecule has 1 aromatic heterocycles. The number of hydrogen-bond acceptors (Lipinski definition) is 4. The summed E-state index contributed by atoms with van der Waals surface area (Å²) in [5.41, 5.74) is 1.92. The molecule has 0 fully saturated rings. The highest BCUT2D eigenvalue weighted by atomic mass is 16.5. The van der Waals surface area contributed by atoms with Gasteiger partial charge < -0.3 is 15.3 Å². The van der Waals surface area contributed by atoms with Crippen molar-refractivity contribution in [2.75, 3.05) is 5.32 Å². The van der Waals surface area contributed by atoms with Crippen molar-refractivity contribution in [1.82, 2.24) is 0 Å². The SMILES string of the molecule is Cc1ccc(NC(=O)[C@@H](C)OC(=O)c2cc[n+]([O-])cc2)cc1. The molecule has 0 aliphatic rings. The molecule has 1 atom stereocenters. The van der Waals surface area contributed by atoms with E-state index >= 15 is 0 Å². The van der Waals surface area contributed by atoms with Gasteiger partial charge in [-0.15, -0.1) is 0 Å². The highest BCUT2D eigenvalue weighted by Crippen LogP contribution is 2.10. The van der Waals surface area contributed by atoms with Gasteiger partial charge in [-0.3, -0.25) is 4.79 Å². The number of amides is 1. The van der Waals surface area contributed by atoms with E-state index in [0.29, 0.717) is 10.4 Å². The van der Waals surface area contributed by atoms with E-state index < -0.39 is 18.0 Å². The molecule has 114 valence electrons. The van der Waals surface area contributed by atoms with Crippen LogP contribution in [0.25, 0.3) is 0 Å². The zero-order chi connectivity index (χ0) is 16.1. The van der Waals surface area contributed by atoms with Gasteiger partial charge in [-0.2, -0.15) is 4.73 Å². The maximum Gasteiger partial charge on any atom is 0.339 e. The van der Waals surface area contributed by atoms with E-state index in [9.17, 15) is 14.8 Å². The molecule has 0 saturated carbocycles. The quantitative estimate of drug-likeness (QED) is 0.530. The van der Waals surface area contributed by atoms with Crippen molar-refractivity contribution in [2.24, 2.45) is 0 Å². The van der Waals surface area contributed by atoms with Crippen LogP contribution in [0.4, 0.5) is 5.69 Å². The Labute approximate surface area is 127 Å². The molecular weight excluding hydrogens is 284 g/mol. The summed E-state index contributed by atoms with van der Waals surface area (Å²) < 4.78 is 5.63. The average Bonchev–Trinajstić information content (AvgIpc) is 2.50. The van der Waals surface area contributed by atoms with Crippen LogP contribution in [0.2, 0.25) is 0 Å². The van der Waals surface area contributed by atoms with Gasteiger partial charge in [0.25, 0.3) is 5.91 Å². The van der Waals surface area contributed by atoms with Crippen LogP contribution in [-0.4, -0.2) is 18.0 Å². The highest BCUT2D eigenvalue weighted by molar-refractivity contribution is 5.97. The molecule has 0 bridgehead atoms. The summed E-state index contributed by atoms with van der Waals surface area (Å²) in [4.78, 5) is 23.8. The maximum absolute atomic E-state index is 12.0. The second-order valence-electron chi connectivity index (χ2n) is 4.85. The number of aromatic nitrogens is 1. The van der Waals surface area contributed by atoms with E-state index in [4.69, 9.17) is 4.74 Å². The van der Waals surface area contributed by atoms with Crippen molar-refractivity contribution in [3.63, 3.8) is 0 Å². The van der Waals surface area contributed by atoms with Crippen molar-refractivity contribution in [3.8, 4) is 0 Å². The molecule has 6 nitrogen and oxygen atoms in total. The fourth-order valence-electron chi connectivity index (χ4n) is 1.71. The van der Waals surface area contributed by atoms with Crippen molar-refractivity contribution in [1.29, 1.82) is 0 Å². The summed E-state index contributed by atoms with van der Waals surface area (Å²) >= 11 is 0. The molecule has 22 heavy (non-hydrogen) atoms. The summed E-state index contributed by atoms with van der Waals surface area (Å²) in [7, 11) is 0. The van der Waals surface area contributed by atoms with Gasteiger partial charge in [-0.25, -0.2) is 4.79 Å². The van der Waals surface area contributed by atoms with E-state index in [-0.39, 0.29) is 5.56 Å². The van der Waals surface area contributed by atoms with Gasteiger partial charge in [0.2, 0.25) is 0 Å². The molecule has 0 saturated heterocycles. The molecule has 2 aromatic rings. The summed E-state index contributed by atoms with van der Waals surface area (Å²) in [6.45, 7) is 3.43. The lowest BCUT2D eigenvalue weighted by molar-refractivity contribution is -0.605. The van der Waals surface area contributed by atoms with Crippen LogP contribution >= 0.6 is 0 Å². The predicted molar refractivity (Wildman–Crippen MR) is 80.1 cm³/mol. The number of nitrogens with one attached hydrogen (secondary N) is 1. The second-order valence-corrected chi connectivity index (χ2v) is 4.85. The van der Waals surface area contributed by atoms with Crippen LogP contribution in [0.1, 0.15) is 22.8 Å². The zero-order valence-corrected chi connectivity index (χ0v) is 12.3. The molecule has 1 aromatic carbocycles. The minimum Gasteiger partial charge on any atom is -0.619 e. The standard InChI is InChI=1S/C16H16N2O4/c1-11-3-5-14(6-4-11)17-15(19)12(2)22-16(20)13-7-9-18(21)10-8-13/h3-10,12H,1-2H3,(H,17,19)/t12-/m1/s1. The largest absolute Gasteiger partial charge is 0.619 e. The lowest BCUT2D eigenvalue weighted by Gasteiger charge is -2.13. The van der Waals surface area contributed by atoms with Gasteiger partial charge in [-0.1, -0.05) is 17.7 Å². The average molecular weight is 300 g/mol. The first-order chi connectivity index (χ1) is 10.5. The van der Waals surface area contributed by atoms with Crippen LogP contribution in [0, 0.1) is 12.1 Å². The van der Waals surface area contributed by atoms with Gasteiger partial charge in [0.15, 0.2) is 18.5 Å². The Hall–Kier alpha value is -2.89. The third-order valence-electron chi connectivity index (χ3n) is 3.01. The van der Waals surface area contributed by atoms with Crippen LogP contribution < -0.4 is 10.0 Å². The summed E-state index contributed by atoms with van der Waals surface area (Å²) in [6, 6.07) is 9.95. The first-order valence-corrected chi connectivity index (χ1v) is 6.73. The molecule has 1 N–H and O–H groups in total. The van der Waals surface area contributed by atoms with E-state index in [1.54, 1.807) is 12.1 Å². The number of benzene rings is 1. The first-order valence-electron chi connectivity index (χ1n) is 6.73. The lowest BCUT2D eigenvalue weighted by Crippen LogP contribution is -2.30. The normalized spacial score (nSPS) is 11.5. The number of carbonyl (C=O) groups excluding carboxylic acids is 2. The van der Waals surface area contributed by atoms with Crippen molar-refractivity contribution in [2.45, 2.75) is 20.0 Å². The third kappa shape index (κ3) is 4.05. The van der Waals surface area contributed by atoms with Crippen LogP contribution in [0.3, 0.4) is 0 Å². The minimum absolute atomic E-state index is 0.210. The molecule has 1 amide bonds.